The lowest BCUT2D eigenvalue weighted by atomic mass is 9.87. The van der Waals surface area contributed by atoms with Crippen LogP contribution in [-0.4, -0.2) is 15.6 Å². The number of nitrogens with one attached hydrogen (secondary N) is 1. The molecule has 0 bridgehead atoms. The molecule has 0 aliphatic rings. The van der Waals surface area contributed by atoms with Crippen LogP contribution in [0.4, 0.5) is 0 Å². The Morgan fingerprint density at radius 3 is 2.53 bits per heavy atom. The van der Waals surface area contributed by atoms with Crippen molar-refractivity contribution in [3.05, 3.63) is 29.6 Å². The molecule has 0 atom stereocenters. The molecule has 0 unspecified atom stereocenters. The Bertz CT molecular complexity index is 573. The summed E-state index contributed by atoms with van der Waals surface area (Å²) in [5, 5.41) is 3.43. The van der Waals surface area contributed by atoms with Crippen LogP contribution in [0.2, 0.25) is 0 Å². The van der Waals surface area contributed by atoms with E-state index in [4.69, 9.17) is 4.98 Å². The minimum Gasteiger partial charge on any atom is -0.330 e. The molecule has 0 aliphatic heterocycles. The highest BCUT2D eigenvalue weighted by molar-refractivity contribution is 5.77. The van der Waals surface area contributed by atoms with Gasteiger partial charge in [0.2, 0.25) is 0 Å². The molecule has 104 valence electrons. The fourth-order valence-electron chi connectivity index (χ4n) is 2.17. The summed E-state index contributed by atoms with van der Waals surface area (Å²) >= 11 is 0. The van der Waals surface area contributed by atoms with Crippen molar-refractivity contribution in [2.24, 2.45) is 7.05 Å². The van der Waals surface area contributed by atoms with E-state index < -0.39 is 0 Å². The summed E-state index contributed by atoms with van der Waals surface area (Å²) in [5.74, 6) is 1.09. The number of hydrogen-bond donors (Lipinski definition) is 1. The molecular formula is C16H25N3. The van der Waals surface area contributed by atoms with Crippen LogP contribution in [0.15, 0.2) is 18.2 Å². The molecule has 0 fully saturated rings. The topological polar surface area (TPSA) is 29.9 Å². The van der Waals surface area contributed by atoms with Crippen molar-refractivity contribution < 1.29 is 0 Å². The van der Waals surface area contributed by atoms with E-state index >= 15 is 0 Å². The third-order valence-electron chi connectivity index (χ3n) is 3.51. The maximum absolute atomic E-state index is 4.76. The average Bonchev–Trinajstić information content (AvgIpc) is 2.62. The molecule has 1 aromatic carbocycles. The van der Waals surface area contributed by atoms with Crippen molar-refractivity contribution in [1.29, 1.82) is 0 Å². The Labute approximate surface area is 116 Å². The highest BCUT2D eigenvalue weighted by atomic mass is 15.1. The summed E-state index contributed by atoms with van der Waals surface area (Å²) in [6, 6.07) is 7.09. The normalized spacial score (nSPS) is 12.6. The number of fused-ring (bicyclic) bond motifs is 1. The fraction of sp³-hybridized carbons (Fsp3) is 0.562. The van der Waals surface area contributed by atoms with Gasteiger partial charge in [-0.05, 0) is 23.1 Å². The van der Waals surface area contributed by atoms with E-state index in [0.717, 1.165) is 17.9 Å². The van der Waals surface area contributed by atoms with E-state index in [0.29, 0.717) is 6.04 Å². The summed E-state index contributed by atoms with van der Waals surface area (Å²) in [5.41, 5.74) is 3.80. The van der Waals surface area contributed by atoms with Gasteiger partial charge in [0.05, 0.1) is 17.6 Å². The molecule has 2 aromatic rings. The molecule has 0 amide bonds. The van der Waals surface area contributed by atoms with Gasteiger partial charge in [-0.15, -0.1) is 0 Å². The minimum atomic E-state index is 0.169. The zero-order valence-corrected chi connectivity index (χ0v) is 12.9. The second-order valence-corrected chi connectivity index (χ2v) is 6.58. The van der Waals surface area contributed by atoms with Crippen LogP contribution in [0.3, 0.4) is 0 Å². The summed E-state index contributed by atoms with van der Waals surface area (Å²) in [6.45, 7) is 11.8. The molecule has 19 heavy (non-hydrogen) atoms. The lowest BCUT2D eigenvalue weighted by molar-refractivity contribution is 0.563. The number of aromatic nitrogens is 2. The standard InChI is InChI=1S/C16H25N3/c1-11(2)17-10-15-18-13-9-12(16(3,4)5)7-8-14(13)19(15)6/h7-9,11,17H,10H2,1-6H3. The van der Waals surface area contributed by atoms with Crippen molar-refractivity contribution in [3.8, 4) is 0 Å². The van der Waals surface area contributed by atoms with E-state index in [1.54, 1.807) is 0 Å². The molecule has 0 aliphatic carbocycles. The first-order valence-corrected chi connectivity index (χ1v) is 6.98. The van der Waals surface area contributed by atoms with Crippen molar-refractivity contribution in [1.82, 2.24) is 14.9 Å². The zero-order chi connectivity index (χ0) is 14.2. The first-order chi connectivity index (χ1) is 8.79. The Kier molecular flexibility index (Phi) is 3.68. The first kappa shape index (κ1) is 14.1. The molecule has 0 saturated heterocycles. The van der Waals surface area contributed by atoms with Crippen LogP contribution in [0.25, 0.3) is 11.0 Å². The van der Waals surface area contributed by atoms with Gasteiger partial charge in [-0.25, -0.2) is 4.98 Å². The van der Waals surface area contributed by atoms with Gasteiger partial charge in [-0.3, -0.25) is 0 Å². The largest absolute Gasteiger partial charge is 0.330 e. The maximum atomic E-state index is 4.76. The number of nitrogens with zero attached hydrogens (tertiary/aromatic N) is 2. The number of hydrogen-bond acceptors (Lipinski definition) is 2. The van der Waals surface area contributed by atoms with Crippen molar-refractivity contribution in [3.63, 3.8) is 0 Å². The van der Waals surface area contributed by atoms with Gasteiger partial charge in [0, 0.05) is 13.1 Å². The third kappa shape index (κ3) is 2.98. The lowest BCUT2D eigenvalue weighted by Crippen LogP contribution is -2.23. The van der Waals surface area contributed by atoms with Gasteiger partial charge in [-0.2, -0.15) is 0 Å². The molecule has 1 aromatic heterocycles. The van der Waals surface area contributed by atoms with E-state index in [9.17, 15) is 0 Å². The highest BCUT2D eigenvalue weighted by Crippen LogP contribution is 2.26. The number of rotatable bonds is 3. The molecule has 1 N–H and O–H groups in total. The van der Waals surface area contributed by atoms with Crippen molar-refractivity contribution in [2.45, 2.75) is 52.6 Å². The van der Waals surface area contributed by atoms with Crippen LogP contribution in [0.5, 0.6) is 0 Å². The van der Waals surface area contributed by atoms with Crippen LogP contribution >= 0.6 is 0 Å². The molecule has 1 heterocycles. The van der Waals surface area contributed by atoms with Crippen molar-refractivity contribution >= 4 is 11.0 Å². The van der Waals surface area contributed by atoms with Gasteiger partial charge in [0.1, 0.15) is 5.82 Å². The predicted molar refractivity (Wildman–Crippen MR) is 81.4 cm³/mol. The predicted octanol–water partition coefficient (Wildman–Crippen LogP) is 3.37. The monoisotopic (exact) mass is 259 g/mol. The SMILES string of the molecule is CC(C)NCc1nc2cc(C(C)(C)C)ccc2n1C. The Morgan fingerprint density at radius 2 is 1.95 bits per heavy atom. The number of aryl methyl sites for hydroxylation is 1. The van der Waals surface area contributed by atoms with Gasteiger partial charge >= 0.3 is 0 Å². The van der Waals surface area contributed by atoms with Gasteiger partial charge in [-0.1, -0.05) is 40.7 Å². The highest BCUT2D eigenvalue weighted by Gasteiger charge is 2.16. The average molecular weight is 259 g/mol. The number of imidazole rings is 1. The quantitative estimate of drug-likeness (QED) is 0.916. The second-order valence-electron chi connectivity index (χ2n) is 6.58. The molecule has 2 rings (SSSR count). The van der Waals surface area contributed by atoms with Crippen LogP contribution in [0, 0.1) is 0 Å². The summed E-state index contributed by atoms with van der Waals surface area (Å²) < 4.78 is 2.18. The van der Waals surface area contributed by atoms with E-state index in [1.165, 1.54) is 11.1 Å². The lowest BCUT2D eigenvalue weighted by Gasteiger charge is -2.18. The van der Waals surface area contributed by atoms with E-state index in [1.807, 2.05) is 0 Å². The maximum Gasteiger partial charge on any atom is 0.123 e. The first-order valence-electron chi connectivity index (χ1n) is 6.98. The summed E-state index contributed by atoms with van der Waals surface area (Å²) in [7, 11) is 2.09. The second kappa shape index (κ2) is 4.97. The van der Waals surface area contributed by atoms with Crippen LogP contribution < -0.4 is 5.32 Å². The summed E-state index contributed by atoms with van der Waals surface area (Å²) in [4.78, 5) is 4.76. The minimum absolute atomic E-state index is 0.169. The smallest absolute Gasteiger partial charge is 0.123 e. The Morgan fingerprint density at radius 1 is 1.26 bits per heavy atom. The van der Waals surface area contributed by atoms with E-state index in [2.05, 4.69) is 69.7 Å². The Balaban J connectivity index is 2.39. The molecular weight excluding hydrogens is 234 g/mol. The number of benzene rings is 1. The zero-order valence-electron chi connectivity index (χ0n) is 12.9. The summed E-state index contributed by atoms with van der Waals surface area (Å²) in [6.07, 6.45) is 0. The third-order valence-corrected chi connectivity index (χ3v) is 3.51. The molecule has 0 saturated carbocycles. The molecule has 3 nitrogen and oxygen atoms in total. The van der Waals surface area contributed by atoms with Crippen LogP contribution in [-0.2, 0) is 19.0 Å². The fourth-order valence-corrected chi connectivity index (χ4v) is 2.17. The molecule has 0 radical (unpaired) electrons. The molecule has 3 heteroatoms. The van der Waals surface area contributed by atoms with E-state index in [-0.39, 0.29) is 5.41 Å². The van der Waals surface area contributed by atoms with Gasteiger partial charge in [0.25, 0.3) is 0 Å². The van der Waals surface area contributed by atoms with Gasteiger partial charge in [0.15, 0.2) is 0 Å². The Hall–Kier alpha value is -1.35. The van der Waals surface area contributed by atoms with Gasteiger partial charge < -0.3 is 9.88 Å². The molecule has 0 spiro atoms. The van der Waals surface area contributed by atoms with Crippen molar-refractivity contribution in [2.75, 3.05) is 0 Å². The van der Waals surface area contributed by atoms with Crippen LogP contribution in [0.1, 0.15) is 46.0 Å².